The summed E-state index contributed by atoms with van der Waals surface area (Å²) in [5.41, 5.74) is -0.831. The molecule has 9 nitrogen and oxygen atoms in total. The number of aromatic nitrogens is 2. The Kier molecular flexibility index (Phi) is 5.00. The second-order valence-corrected chi connectivity index (χ2v) is 6.77. The molecule has 0 amide bonds. The number of aliphatic hydroxyl groups excluding tert-OH is 2. The van der Waals surface area contributed by atoms with Gasteiger partial charge in [0.2, 0.25) is 5.88 Å². The lowest BCUT2D eigenvalue weighted by molar-refractivity contribution is -0.218. The largest absolute Gasteiger partial charge is 0.474 e. The molecule has 2 heterocycles. The maximum absolute atomic E-state index is 14.8. The van der Waals surface area contributed by atoms with Gasteiger partial charge in [-0.05, 0) is 12.8 Å². The van der Waals surface area contributed by atoms with Gasteiger partial charge in [0, 0.05) is 12.3 Å². The van der Waals surface area contributed by atoms with Gasteiger partial charge in [-0.25, -0.2) is 9.18 Å². The van der Waals surface area contributed by atoms with E-state index >= 15 is 0 Å². The normalized spacial score (nSPS) is 31.2. The Labute approximate surface area is 148 Å². The van der Waals surface area contributed by atoms with E-state index in [1.807, 2.05) is 0 Å². The lowest BCUT2D eigenvalue weighted by atomic mass is 10.1. The molecule has 1 aromatic rings. The predicted molar refractivity (Wildman–Crippen MR) is 83.9 cm³/mol. The van der Waals surface area contributed by atoms with Crippen LogP contribution in [0.3, 0.4) is 0 Å². The van der Waals surface area contributed by atoms with E-state index in [0.717, 1.165) is 17.4 Å². The van der Waals surface area contributed by atoms with E-state index in [1.165, 1.54) is 12.3 Å². The Hall–Kier alpha value is -2.04. The van der Waals surface area contributed by atoms with Crippen molar-refractivity contribution in [2.24, 2.45) is 5.92 Å². The van der Waals surface area contributed by atoms with E-state index in [1.54, 1.807) is 13.8 Å². The van der Waals surface area contributed by atoms with Crippen molar-refractivity contribution in [2.75, 3.05) is 6.61 Å². The molecule has 10 heteroatoms. The van der Waals surface area contributed by atoms with Gasteiger partial charge in [0.25, 0.3) is 5.85 Å². The Morgan fingerprint density at radius 1 is 1.50 bits per heavy atom. The molecule has 4 atom stereocenters. The van der Waals surface area contributed by atoms with Crippen molar-refractivity contribution in [3.05, 3.63) is 22.7 Å². The van der Waals surface area contributed by atoms with Gasteiger partial charge >= 0.3 is 11.7 Å². The minimum absolute atomic E-state index is 0.0435. The molecule has 0 aromatic carbocycles. The number of carbonyl (C=O) groups excluding carboxylic acids is 1. The van der Waals surface area contributed by atoms with Crippen LogP contribution in [-0.2, 0) is 14.3 Å². The number of nitrogens with zero attached hydrogens (tertiary/aromatic N) is 2. The van der Waals surface area contributed by atoms with E-state index < -0.39 is 48.5 Å². The smallest absolute Gasteiger partial charge is 0.353 e. The molecule has 26 heavy (non-hydrogen) atoms. The predicted octanol–water partition coefficient (Wildman–Crippen LogP) is -0.0999. The topological polar surface area (TPSA) is 120 Å². The zero-order chi connectivity index (χ0) is 19.1. The summed E-state index contributed by atoms with van der Waals surface area (Å²) in [5, 5.41) is 20.1. The molecule has 1 saturated heterocycles. The number of alkyl halides is 1. The molecule has 0 unspecified atom stereocenters. The molecule has 0 bridgehead atoms. The minimum atomic E-state index is -2.85. The molecular formula is C16H21FN2O7. The van der Waals surface area contributed by atoms with Crippen molar-refractivity contribution in [2.45, 2.75) is 57.1 Å². The molecule has 2 aliphatic rings. The molecule has 0 spiro atoms. The van der Waals surface area contributed by atoms with Crippen LogP contribution in [0.15, 0.2) is 17.1 Å². The van der Waals surface area contributed by atoms with Crippen LogP contribution in [0, 0.1) is 5.92 Å². The zero-order valence-corrected chi connectivity index (χ0v) is 14.4. The maximum atomic E-state index is 14.8. The van der Waals surface area contributed by atoms with E-state index in [-0.39, 0.29) is 12.0 Å². The maximum Gasteiger partial charge on any atom is 0.353 e. The summed E-state index contributed by atoms with van der Waals surface area (Å²) in [6.45, 7) is 2.21. The van der Waals surface area contributed by atoms with Crippen LogP contribution >= 0.6 is 0 Å². The molecule has 2 N–H and O–H groups in total. The quantitative estimate of drug-likeness (QED) is 0.664. The fourth-order valence-electron chi connectivity index (χ4n) is 2.44. The van der Waals surface area contributed by atoms with Crippen LogP contribution in [0.25, 0.3) is 0 Å². The molecule has 2 fully saturated rings. The molecule has 0 radical (unpaired) electrons. The lowest BCUT2D eigenvalue weighted by Gasteiger charge is -2.23. The van der Waals surface area contributed by atoms with Crippen molar-refractivity contribution >= 4 is 5.97 Å². The number of esters is 1. The Morgan fingerprint density at radius 3 is 2.77 bits per heavy atom. The summed E-state index contributed by atoms with van der Waals surface area (Å²) < 4.78 is 30.9. The summed E-state index contributed by atoms with van der Waals surface area (Å²) in [6, 6.07) is 1.39. The molecular weight excluding hydrogens is 351 g/mol. The van der Waals surface area contributed by atoms with Gasteiger partial charge in [0.05, 0.1) is 5.92 Å². The highest BCUT2D eigenvalue weighted by Crippen LogP contribution is 2.38. The first-order valence-electron chi connectivity index (χ1n) is 8.36. The molecule has 144 valence electrons. The van der Waals surface area contributed by atoms with Crippen molar-refractivity contribution in [3.8, 4) is 5.88 Å². The number of hydrogen-bond acceptors (Lipinski definition) is 8. The van der Waals surface area contributed by atoms with Crippen molar-refractivity contribution in [1.82, 2.24) is 9.55 Å². The van der Waals surface area contributed by atoms with Crippen LogP contribution in [0.5, 0.6) is 5.88 Å². The Bertz CT molecular complexity index is 736. The number of halogens is 1. The average Bonchev–Trinajstić information content (AvgIpc) is 3.37. The second-order valence-electron chi connectivity index (χ2n) is 6.77. The molecule has 1 aliphatic heterocycles. The highest BCUT2D eigenvalue weighted by atomic mass is 19.2. The lowest BCUT2D eigenvalue weighted by Crippen LogP contribution is -2.43. The average molecular weight is 372 g/mol. The monoisotopic (exact) mass is 372 g/mol. The van der Waals surface area contributed by atoms with E-state index in [4.69, 9.17) is 14.2 Å². The Morgan fingerprint density at radius 2 is 2.19 bits per heavy atom. The summed E-state index contributed by atoms with van der Waals surface area (Å²) in [5.74, 6) is -3.91. The van der Waals surface area contributed by atoms with Crippen molar-refractivity contribution < 1.29 is 33.6 Å². The van der Waals surface area contributed by atoms with Crippen LogP contribution in [-0.4, -0.2) is 56.5 Å². The number of carbonyl (C=O) groups is 1. The van der Waals surface area contributed by atoms with Gasteiger partial charge in [-0.15, -0.1) is 0 Å². The van der Waals surface area contributed by atoms with Gasteiger partial charge in [-0.1, -0.05) is 13.8 Å². The van der Waals surface area contributed by atoms with Crippen molar-refractivity contribution in [3.63, 3.8) is 0 Å². The van der Waals surface area contributed by atoms with Crippen LogP contribution in [0.4, 0.5) is 4.39 Å². The third-order valence-electron chi connectivity index (χ3n) is 4.15. The molecule has 1 aliphatic carbocycles. The third kappa shape index (κ3) is 3.71. The first kappa shape index (κ1) is 18.7. The van der Waals surface area contributed by atoms with Crippen molar-refractivity contribution in [1.29, 1.82) is 0 Å². The van der Waals surface area contributed by atoms with Gasteiger partial charge in [0.15, 0.2) is 12.8 Å². The number of ether oxygens (including phenoxy) is 3. The number of aliphatic hydroxyl groups is 2. The highest BCUT2D eigenvalue weighted by Gasteiger charge is 2.57. The van der Waals surface area contributed by atoms with Crippen LogP contribution in [0.2, 0.25) is 0 Å². The fourth-order valence-corrected chi connectivity index (χ4v) is 2.44. The summed E-state index contributed by atoms with van der Waals surface area (Å²) >= 11 is 0. The zero-order valence-electron chi connectivity index (χ0n) is 14.4. The van der Waals surface area contributed by atoms with Gasteiger partial charge in [0.1, 0.15) is 18.3 Å². The summed E-state index contributed by atoms with van der Waals surface area (Å²) in [7, 11) is 0. The standard InChI is InChI=1S/C16H21FN2O7/c1-8(2)14(22)24-7-16(17)12(21)11(20)13(26-16)19-6-5-10(18-15(19)23)25-9-3-4-9/h5-6,8-9,11-13,20-21H,3-4,7H2,1-2H3/t11-,12+,13-,16-/m1/s1. The second kappa shape index (κ2) is 6.93. The van der Waals surface area contributed by atoms with Crippen LogP contribution in [0.1, 0.15) is 32.9 Å². The van der Waals surface area contributed by atoms with E-state index in [9.17, 15) is 24.2 Å². The molecule has 3 rings (SSSR count). The van der Waals surface area contributed by atoms with Crippen LogP contribution < -0.4 is 10.4 Å². The minimum Gasteiger partial charge on any atom is -0.474 e. The van der Waals surface area contributed by atoms with E-state index in [2.05, 4.69) is 4.98 Å². The highest BCUT2D eigenvalue weighted by molar-refractivity contribution is 5.71. The first-order chi connectivity index (χ1) is 12.2. The molecule has 1 saturated carbocycles. The fraction of sp³-hybridized carbons (Fsp3) is 0.688. The number of hydrogen-bond donors (Lipinski definition) is 2. The Balaban J connectivity index is 1.74. The summed E-state index contributed by atoms with van der Waals surface area (Å²) in [6.07, 6.45) is -2.24. The summed E-state index contributed by atoms with van der Waals surface area (Å²) in [4.78, 5) is 27.3. The SMILES string of the molecule is CC(C)C(=O)OC[C@@]1(F)O[C@@H](n2ccc(OC3CC3)nc2=O)[C@H](O)[C@@H]1O. The third-order valence-corrected chi connectivity index (χ3v) is 4.15. The number of rotatable bonds is 6. The molecule has 1 aromatic heterocycles. The van der Waals surface area contributed by atoms with Gasteiger partial charge in [-0.3, -0.25) is 9.36 Å². The van der Waals surface area contributed by atoms with Gasteiger partial charge in [-0.2, -0.15) is 4.98 Å². The first-order valence-corrected chi connectivity index (χ1v) is 8.36. The van der Waals surface area contributed by atoms with Gasteiger partial charge < -0.3 is 24.4 Å². The van der Waals surface area contributed by atoms with E-state index in [0.29, 0.717) is 0 Å².